The molecule has 0 saturated heterocycles. The molecule has 0 fully saturated rings. The molecule has 0 aliphatic heterocycles. The number of benzene rings is 1. The summed E-state index contributed by atoms with van der Waals surface area (Å²) in [6, 6.07) is 3.28. The van der Waals surface area contributed by atoms with Crippen molar-refractivity contribution in [3.63, 3.8) is 0 Å². The third-order valence-corrected chi connectivity index (χ3v) is 2.35. The molecule has 1 aromatic heterocycles. The second-order valence-corrected chi connectivity index (χ2v) is 3.31. The number of nitrogens with zero attached hydrogens (tertiary/aromatic N) is 2. The first-order valence-corrected chi connectivity index (χ1v) is 4.68. The van der Waals surface area contributed by atoms with Gasteiger partial charge < -0.3 is 14.0 Å². The maximum atomic E-state index is 11.4. The summed E-state index contributed by atoms with van der Waals surface area (Å²) in [6.45, 7) is 0. The number of methoxy groups -OCH3 is 2. The third kappa shape index (κ3) is 1.50. The van der Waals surface area contributed by atoms with E-state index in [1.807, 2.05) is 7.05 Å². The van der Waals surface area contributed by atoms with Crippen molar-refractivity contribution in [2.45, 2.75) is 0 Å². The zero-order valence-corrected chi connectivity index (χ0v) is 9.27. The zero-order chi connectivity index (χ0) is 11.7. The molecule has 16 heavy (non-hydrogen) atoms. The molecule has 2 rings (SSSR count). The van der Waals surface area contributed by atoms with Gasteiger partial charge >= 0.3 is 5.97 Å². The van der Waals surface area contributed by atoms with E-state index in [1.54, 1.807) is 23.8 Å². The standard InChI is InChI=1S/C11H11N2O3/c1-13-6-12-8-4-7(11(14)16-3)5-9(15-2)10(8)13/h4-5H,1-3H3. The van der Waals surface area contributed by atoms with Gasteiger partial charge in [-0.15, -0.1) is 0 Å². The van der Waals surface area contributed by atoms with E-state index in [0.29, 0.717) is 16.8 Å². The van der Waals surface area contributed by atoms with E-state index in [0.717, 1.165) is 5.52 Å². The van der Waals surface area contributed by atoms with Crippen LogP contribution in [-0.2, 0) is 11.8 Å². The normalized spacial score (nSPS) is 10.4. The number of ether oxygens (including phenoxy) is 2. The highest BCUT2D eigenvalue weighted by atomic mass is 16.5. The highest BCUT2D eigenvalue weighted by Gasteiger charge is 2.13. The highest BCUT2D eigenvalue weighted by Crippen LogP contribution is 2.26. The van der Waals surface area contributed by atoms with Gasteiger partial charge in [0.25, 0.3) is 0 Å². The van der Waals surface area contributed by atoms with Gasteiger partial charge in [0.15, 0.2) is 6.33 Å². The molecular weight excluding hydrogens is 208 g/mol. The Morgan fingerprint density at radius 2 is 2.19 bits per heavy atom. The molecule has 1 heterocycles. The van der Waals surface area contributed by atoms with E-state index in [9.17, 15) is 4.79 Å². The highest BCUT2D eigenvalue weighted by molar-refractivity contribution is 5.96. The molecule has 83 valence electrons. The van der Waals surface area contributed by atoms with Gasteiger partial charge in [0.2, 0.25) is 0 Å². The molecule has 0 unspecified atom stereocenters. The van der Waals surface area contributed by atoms with Crippen LogP contribution in [0.15, 0.2) is 12.1 Å². The van der Waals surface area contributed by atoms with E-state index in [1.165, 1.54) is 7.11 Å². The predicted octanol–water partition coefficient (Wildman–Crippen LogP) is 1.17. The van der Waals surface area contributed by atoms with Crippen molar-refractivity contribution in [1.82, 2.24) is 9.55 Å². The van der Waals surface area contributed by atoms with Crippen LogP contribution in [0.2, 0.25) is 0 Å². The van der Waals surface area contributed by atoms with Crippen LogP contribution in [0.5, 0.6) is 5.75 Å². The second-order valence-electron chi connectivity index (χ2n) is 3.31. The molecule has 5 nitrogen and oxygen atoms in total. The molecule has 0 N–H and O–H groups in total. The number of carbonyl (C=O) groups is 1. The quantitative estimate of drug-likeness (QED) is 0.711. The molecule has 0 aliphatic rings. The van der Waals surface area contributed by atoms with Crippen molar-refractivity contribution < 1.29 is 14.3 Å². The molecule has 0 amide bonds. The summed E-state index contributed by atoms with van der Waals surface area (Å²) in [4.78, 5) is 15.5. The molecule has 0 spiro atoms. The Hall–Kier alpha value is -2.04. The predicted molar refractivity (Wildman–Crippen MR) is 57.4 cm³/mol. The topological polar surface area (TPSA) is 53.4 Å². The van der Waals surface area contributed by atoms with E-state index in [-0.39, 0.29) is 0 Å². The minimum atomic E-state index is -0.411. The number of rotatable bonds is 2. The summed E-state index contributed by atoms with van der Waals surface area (Å²) < 4.78 is 11.6. The SMILES string of the molecule is COC(=O)c1cc(OC)c2c(c1)n[c]n2C. The molecule has 0 aliphatic carbocycles. The van der Waals surface area contributed by atoms with E-state index in [2.05, 4.69) is 16.0 Å². The monoisotopic (exact) mass is 219 g/mol. The maximum Gasteiger partial charge on any atom is 0.338 e. The summed E-state index contributed by atoms with van der Waals surface area (Å²) in [5, 5.41) is 0. The van der Waals surface area contributed by atoms with Gasteiger partial charge in [0, 0.05) is 7.05 Å². The van der Waals surface area contributed by atoms with Crippen molar-refractivity contribution in [2.75, 3.05) is 14.2 Å². The Morgan fingerprint density at radius 3 is 2.81 bits per heavy atom. The Bertz CT molecular complexity index is 545. The number of imidazole rings is 1. The van der Waals surface area contributed by atoms with E-state index < -0.39 is 5.97 Å². The van der Waals surface area contributed by atoms with Crippen LogP contribution in [0.3, 0.4) is 0 Å². The number of esters is 1. The van der Waals surface area contributed by atoms with Crippen molar-refractivity contribution in [2.24, 2.45) is 7.05 Å². The van der Waals surface area contributed by atoms with Crippen LogP contribution in [0.1, 0.15) is 10.4 Å². The molecular formula is C11H11N2O3. The van der Waals surface area contributed by atoms with Crippen molar-refractivity contribution >= 4 is 17.0 Å². The lowest BCUT2D eigenvalue weighted by Crippen LogP contribution is -2.02. The van der Waals surface area contributed by atoms with Crippen LogP contribution in [-0.4, -0.2) is 29.7 Å². The summed E-state index contributed by atoms with van der Waals surface area (Å²) in [5.41, 5.74) is 1.87. The lowest BCUT2D eigenvalue weighted by molar-refractivity contribution is 0.0600. The molecule has 0 atom stereocenters. The van der Waals surface area contributed by atoms with E-state index in [4.69, 9.17) is 4.74 Å². The van der Waals surface area contributed by atoms with Crippen LogP contribution >= 0.6 is 0 Å². The van der Waals surface area contributed by atoms with Crippen molar-refractivity contribution in [3.05, 3.63) is 24.0 Å². The Morgan fingerprint density at radius 1 is 1.44 bits per heavy atom. The van der Waals surface area contributed by atoms with Gasteiger partial charge in [-0.2, -0.15) is 0 Å². The number of hydrogen-bond acceptors (Lipinski definition) is 4. The largest absolute Gasteiger partial charge is 0.494 e. The fourth-order valence-corrected chi connectivity index (χ4v) is 1.59. The van der Waals surface area contributed by atoms with Gasteiger partial charge in [-0.1, -0.05) is 0 Å². The van der Waals surface area contributed by atoms with Gasteiger partial charge in [-0.05, 0) is 12.1 Å². The summed E-state index contributed by atoms with van der Waals surface area (Å²) in [6.07, 6.45) is 2.77. The van der Waals surface area contributed by atoms with Gasteiger partial charge in [0.05, 0.1) is 25.3 Å². The minimum absolute atomic E-state index is 0.411. The second kappa shape index (κ2) is 3.84. The number of hydrogen-bond donors (Lipinski definition) is 0. The minimum Gasteiger partial charge on any atom is -0.494 e. The molecule has 1 aromatic carbocycles. The van der Waals surface area contributed by atoms with E-state index >= 15 is 0 Å². The molecule has 0 bridgehead atoms. The maximum absolute atomic E-state index is 11.4. The van der Waals surface area contributed by atoms with Crippen LogP contribution in [0.4, 0.5) is 0 Å². The van der Waals surface area contributed by atoms with Crippen molar-refractivity contribution in [1.29, 1.82) is 0 Å². The number of fused-ring (bicyclic) bond motifs is 1. The van der Waals surface area contributed by atoms with Gasteiger partial charge in [-0.3, -0.25) is 0 Å². The fourth-order valence-electron chi connectivity index (χ4n) is 1.59. The van der Waals surface area contributed by atoms with Crippen LogP contribution in [0.25, 0.3) is 11.0 Å². The summed E-state index contributed by atoms with van der Waals surface area (Å²) in [7, 11) is 4.70. The molecule has 0 saturated carbocycles. The third-order valence-electron chi connectivity index (χ3n) is 2.35. The lowest BCUT2D eigenvalue weighted by atomic mass is 10.2. The number of carbonyl (C=O) groups excluding carboxylic acids is 1. The smallest absolute Gasteiger partial charge is 0.338 e. The van der Waals surface area contributed by atoms with Crippen LogP contribution < -0.4 is 4.74 Å². The summed E-state index contributed by atoms with van der Waals surface area (Å²) >= 11 is 0. The zero-order valence-electron chi connectivity index (χ0n) is 9.27. The first-order valence-electron chi connectivity index (χ1n) is 4.68. The van der Waals surface area contributed by atoms with Crippen molar-refractivity contribution in [3.8, 4) is 5.75 Å². The summed E-state index contributed by atoms with van der Waals surface area (Å²) in [5.74, 6) is 0.167. The Balaban J connectivity index is 2.69. The number of aryl methyl sites for hydroxylation is 1. The van der Waals surface area contributed by atoms with Gasteiger partial charge in [0.1, 0.15) is 11.3 Å². The Labute approximate surface area is 92.6 Å². The molecule has 1 radical (unpaired) electrons. The first-order chi connectivity index (χ1) is 7.67. The Kier molecular flexibility index (Phi) is 2.52. The lowest BCUT2D eigenvalue weighted by Gasteiger charge is -2.06. The fraction of sp³-hybridized carbons (Fsp3) is 0.273. The molecule has 5 heteroatoms. The molecule has 2 aromatic rings. The average Bonchev–Trinajstić information content (AvgIpc) is 2.69. The van der Waals surface area contributed by atoms with Gasteiger partial charge in [-0.25, -0.2) is 9.78 Å². The van der Waals surface area contributed by atoms with Crippen LogP contribution in [0, 0.1) is 6.33 Å². The first kappa shape index (κ1) is 10.5. The average molecular weight is 219 g/mol. The number of aromatic nitrogens is 2.